The van der Waals surface area contributed by atoms with Crippen LogP contribution >= 0.6 is 15.9 Å². The minimum atomic E-state index is -0.731. The molecule has 2 rings (SSSR count). The van der Waals surface area contributed by atoms with Crippen LogP contribution in [0.2, 0.25) is 0 Å². The maximum Gasteiger partial charge on any atom is 0.259 e. The van der Waals surface area contributed by atoms with Crippen molar-refractivity contribution in [2.24, 2.45) is 0 Å². The van der Waals surface area contributed by atoms with Crippen molar-refractivity contribution in [3.63, 3.8) is 0 Å². The topological polar surface area (TPSA) is 54.0 Å². The number of hydrogen-bond acceptors (Lipinski definition) is 3. The fraction of sp³-hybridized carbons (Fsp3) is 0.143. The van der Waals surface area contributed by atoms with E-state index in [0.29, 0.717) is 12.2 Å². The normalized spacial score (nSPS) is 10.3. The van der Waals surface area contributed by atoms with Crippen LogP contribution in [-0.2, 0) is 0 Å². The summed E-state index contributed by atoms with van der Waals surface area (Å²) in [6.45, 7) is 2.50. The van der Waals surface area contributed by atoms with E-state index in [1.807, 2.05) is 6.92 Å². The fourth-order valence-corrected chi connectivity index (χ4v) is 2.04. The molecule has 0 aliphatic heterocycles. The zero-order valence-corrected chi connectivity index (χ0v) is 12.7. The van der Waals surface area contributed by atoms with E-state index in [1.54, 1.807) is 6.07 Å². The zero-order chi connectivity index (χ0) is 15.4. The Morgan fingerprint density at radius 2 is 2.05 bits per heavy atom. The van der Waals surface area contributed by atoms with Gasteiger partial charge in [0.05, 0.1) is 21.4 Å². The molecule has 1 amide bonds. The number of hydrogen-bond donors (Lipinski definition) is 2. The van der Waals surface area contributed by atoms with Crippen LogP contribution in [0.15, 0.2) is 35.1 Å². The second kappa shape index (κ2) is 6.62. The highest BCUT2D eigenvalue weighted by molar-refractivity contribution is 9.10. The number of nitrogens with one attached hydrogen (secondary N) is 2. The highest BCUT2D eigenvalue weighted by Gasteiger charge is 2.15. The van der Waals surface area contributed by atoms with E-state index >= 15 is 0 Å². The average Bonchev–Trinajstić information content (AvgIpc) is 2.45. The lowest BCUT2D eigenvalue weighted by Crippen LogP contribution is -2.16. The van der Waals surface area contributed by atoms with Crippen LogP contribution in [0.25, 0.3) is 0 Å². The van der Waals surface area contributed by atoms with Gasteiger partial charge in [-0.2, -0.15) is 0 Å². The van der Waals surface area contributed by atoms with Crippen molar-refractivity contribution in [2.75, 3.05) is 17.2 Å². The zero-order valence-electron chi connectivity index (χ0n) is 11.1. The molecule has 1 heterocycles. The standard InChI is InChI=1S/C14H12BrF2N3O/c1-2-19-12-3-4-18-7-8(12)14(21)20-13-6-10(16)9(15)5-11(13)17/h3-7H,2H2,1H3,(H,18,19)(H,20,21). The van der Waals surface area contributed by atoms with Crippen LogP contribution in [0.4, 0.5) is 20.2 Å². The highest BCUT2D eigenvalue weighted by atomic mass is 79.9. The van der Waals surface area contributed by atoms with Crippen LogP contribution in [-0.4, -0.2) is 17.4 Å². The molecule has 0 saturated carbocycles. The minimum Gasteiger partial charge on any atom is -0.385 e. The van der Waals surface area contributed by atoms with Crippen LogP contribution in [0.1, 0.15) is 17.3 Å². The van der Waals surface area contributed by atoms with Gasteiger partial charge in [0, 0.05) is 25.0 Å². The third kappa shape index (κ3) is 3.55. The third-order valence-electron chi connectivity index (χ3n) is 2.69. The molecule has 0 aliphatic carbocycles. The van der Waals surface area contributed by atoms with E-state index < -0.39 is 17.5 Å². The van der Waals surface area contributed by atoms with Gasteiger partial charge in [-0.15, -0.1) is 0 Å². The molecular weight excluding hydrogens is 344 g/mol. The smallest absolute Gasteiger partial charge is 0.259 e. The molecule has 1 aromatic carbocycles. The fourth-order valence-electron chi connectivity index (χ4n) is 1.73. The first-order valence-corrected chi connectivity index (χ1v) is 6.96. The van der Waals surface area contributed by atoms with E-state index in [1.165, 1.54) is 12.4 Å². The van der Waals surface area contributed by atoms with Crippen molar-refractivity contribution in [1.82, 2.24) is 4.98 Å². The summed E-state index contributed by atoms with van der Waals surface area (Å²) in [6.07, 6.45) is 2.90. The molecule has 0 bridgehead atoms. The Kier molecular flexibility index (Phi) is 4.85. The van der Waals surface area contributed by atoms with Gasteiger partial charge in [0.15, 0.2) is 0 Å². The van der Waals surface area contributed by atoms with Crippen molar-refractivity contribution in [3.05, 3.63) is 52.3 Å². The quantitative estimate of drug-likeness (QED) is 0.820. The Morgan fingerprint density at radius 3 is 2.76 bits per heavy atom. The summed E-state index contributed by atoms with van der Waals surface area (Å²) in [6, 6.07) is 3.51. The number of carbonyl (C=O) groups excluding carboxylic acids is 1. The lowest BCUT2D eigenvalue weighted by atomic mass is 10.2. The molecule has 1 aromatic heterocycles. The molecule has 0 spiro atoms. The second-order valence-corrected chi connectivity index (χ2v) is 5.01. The number of halogens is 3. The Labute approximate surface area is 128 Å². The predicted molar refractivity (Wildman–Crippen MR) is 80.4 cm³/mol. The van der Waals surface area contributed by atoms with Gasteiger partial charge in [-0.1, -0.05) is 0 Å². The van der Waals surface area contributed by atoms with Crippen molar-refractivity contribution in [1.29, 1.82) is 0 Å². The van der Waals surface area contributed by atoms with E-state index in [0.717, 1.165) is 12.1 Å². The summed E-state index contributed by atoms with van der Waals surface area (Å²) in [7, 11) is 0. The molecule has 2 aromatic rings. The minimum absolute atomic E-state index is 0.00674. The van der Waals surface area contributed by atoms with Crippen molar-refractivity contribution in [3.8, 4) is 0 Å². The van der Waals surface area contributed by atoms with Gasteiger partial charge in [-0.05, 0) is 35.0 Å². The molecule has 0 saturated heterocycles. The molecule has 7 heteroatoms. The number of aromatic nitrogens is 1. The third-order valence-corrected chi connectivity index (χ3v) is 3.30. The van der Waals surface area contributed by atoms with Gasteiger partial charge >= 0.3 is 0 Å². The van der Waals surface area contributed by atoms with Crippen LogP contribution in [0.5, 0.6) is 0 Å². The molecule has 4 nitrogen and oxygen atoms in total. The Morgan fingerprint density at radius 1 is 1.29 bits per heavy atom. The number of pyridine rings is 1. The summed E-state index contributed by atoms with van der Waals surface area (Å²) in [5.41, 5.74) is 0.595. The number of benzene rings is 1. The van der Waals surface area contributed by atoms with Crippen LogP contribution < -0.4 is 10.6 Å². The van der Waals surface area contributed by atoms with Gasteiger partial charge < -0.3 is 10.6 Å². The SMILES string of the molecule is CCNc1ccncc1C(=O)Nc1cc(F)c(Br)cc1F. The van der Waals surface area contributed by atoms with Crippen LogP contribution in [0, 0.1) is 11.6 Å². The predicted octanol–water partition coefficient (Wildman–Crippen LogP) is 3.81. The Balaban J connectivity index is 2.28. The van der Waals surface area contributed by atoms with Crippen molar-refractivity contribution < 1.29 is 13.6 Å². The molecule has 0 radical (unpaired) electrons. The Hall–Kier alpha value is -2.02. The number of rotatable bonds is 4. The molecule has 2 N–H and O–H groups in total. The average molecular weight is 356 g/mol. The first kappa shape index (κ1) is 15.4. The van der Waals surface area contributed by atoms with E-state index in [2.05, 4.69) is 31.5 Å². The molecule has 110 valence electrons. The second-order valence-electron chi connectivity index (χ2n) is 4.15. The first-order valence-electron chi connectivity index (χ1n) is 6.16. The molecule has 0 fully saturated rings. The molecule has 0 unspecified atom stereocenters. The lowest BCUT2D eigenvalue weighted by molar-refractivity contribution is 0.102. The monoisotopic (exact) mass is 355 g/mol. The number of carbonyl (C=O) groups is 1. The van der Waals surface area contributed by atoms with E-state index in [-0.39, 0.29) is 15.7 Å². The number of nitrogens with zero attached hydrogens (tertiary/aromatic N) is 1. The highest BCUT2D eigenvalue weighted by Crippen LogP contribution is 2.24. The van der Waals surface area contributed by atoms with E-state index in [4.69, 9.17) is 0 Å². The number of anilines is 2. The molecule has 0 aliphatic rings. The summed E-state index contributed by atoms with van der Waals surface area (Å²) in [5, 5.41) is 5.34. The Bertz CT molecular complexity index is 679. The van der Waals surface area contributed by atoms with Gasteiger partial charge in [-0.3, -0.25) is 9.78 Å². The van der Waals surface area contributed by atoms with Crippen molar-refractivity contribution in [2.45, 2.75) is 6.92 Å². The summed E-state index contributed by atoms with van der Waals surface area (Å²) < 4.78 is 27.1. The molecule has 0 atom stereocenters. The summed E-state index contributed by atoms with van der Waals surface area (Å²) in [4.78, 5) is 16.0. The maximum absolute atomic E-state index is 13.7. The maximum atomic E-state index is 13.7. The van der Waals surface area contributed by atoms with Gasteiger partial charge in [-0.25, -0.2) is 8.78 Å². The number of amides is 1. The summed E-state index contributed by atoms with van der Waals surface area (Å²) >= 11 is 2.88. The van der Waals surface area contributed by atoms with Gasteiger partial charge in [0.2, 0.25) is 0 Å². The first-order chi connectivity index (χ1) is 10.0. The van der Waals surface area contributed by atoms with E-state index in [9.17, 15) is 13.6 Å². The summed E-state index contributed by atoms with van der Waals surface area (Å²) in [5.74, 6) is -1.96. The molecule has 21 heavy (non-hydrogen) atoms. The van der Waals surface area contributed by atoms with Crippen molar-refractivity contribution >= 4 is 33.2 Å². The largest absolute Gasteiger partial charge is 0.385 e. The van der Waals surface area contributed by atoms with Gasteiger partial charge in [0.1, 0.15) is 11.6 Å². The van der Waals surface area contributed by atoms with Crippen LogP contribution in [0.3, 0.4) is 0 Å². The lowest BCUT2D eigenvalue weighted by Gasteiger charge is -2.11. The molecular formula is C14H12BrF2N3O. The van der Waals surface area contributed by atoms with Gasteiger partial charge in [0.25, 0.3) is 5.91 Å².